The Morgan fingerprint density at radius 2 is 0.889 bits per heavy atom. The van der Waals surface area contributed by atoms with Crippen molar-refractivity contribution >= 4 is 34.1 Å². The van der Waals surface area contributed by atoms with Crippen LogP contribution < -0.4 is 24.3 Å². The molecule has 45 heavy (non-hydrogen) atoms. The zero-order chi connectivity index (χ0) is 28.8. The van der Waals surface area contributed by atoms with Gasteiger partial charge < -0.3 is 24.3 Å². The molecule has 0 atom stereocenters. The maximum Gasteiger partial charge on any atom is 4.00 e. The van der Waals surface area contributed by atoms with E-state index in [9.17, 15) is 0 Å². The summed E-state index contributed by atoms with van der Waals surface area (Å²) in [5.74, 6) is 1.27. The first kappa shape index (κ1) is 26.4. The summed E-state index contributed by atoms with van der Waals surface area (Å²) in [6, 6.07) is 54.0. The second kappa shape index (κ2) is 9.75. The molecule has 10 rings (SSSR count). The van der Waals surface area contributed by atoms with Crippen LogP contribution in [0, 0.1) is 25.5 Å². The first-order valence-electron chi connectivity index (χ1n) is 14.8. The van der Waals surface area contributed by atoms with Crippen LogP contribution in [0.4, 0.5) is 34.1 Å². The second-order valence-corrected chi connectivity index (χ2v) is 11.4. The third-order valence-electron chi connectivity index (χ3n) is 9.10. The van der Waals surface area contributed by atoms with Crippen LogP contribution in [0.15, 0.2) is 133 Å². The molecule has 4 aliphatic rings. The van der Waals surface area contributed by atoms with Crippen molar-refractivity contribution in [1.29, 1.82) is 0 Å². The van der Waals surface area contributed by atoms with E-state index in [1.165, 1.54) is 22.3 Å². The predicted octanol–water partition coefficient (Wildman–Crippen LogP) is 9.13. The van der Waals surface area contributed by atoms with Gasteiger partial charge in [-0.2, -0.15) is 12.1 Å². The van der Waals surface area contributed by atoms with Crippen molar-refractivity contribution in [2.75, 3.05) is 19.6 Å². The Balaban J connectivity index is 0.00000281. The minimum Gasteiger partial charge on any atom is -0.509 e. The van der Waals surface area contributed by atoms with E-state index in [2.05, 4.69) is 154 Å². The molecule has 0 radical (unpaired) electrons. The van der Waals surface area contributed by atoms with Gasteiger partial charge in [0.25, 0.3) is 0 Å². The number of rotatable bonds is 0. The summed E-state index contributed by atoms with van der Waals surface area (Å²) in [7, 11) is 0. The van der Waals surface area contributed by atoms with E-state index in [-0.39, 0.29) is 21.1 Å². The van der Waals surface area contributed by atoms with Gasteiger partial charge in [-0.3, -0.25) is 0 Å². The molecule has 216 valence electrons. The van der Waals surface area contributed by atoms with Gasteiger partial charge in [-0.05, 0) is 35.4 Å². The molecule has 3 aliphatic heterocycles. The van der Waals surface area contributed by atoms with Crippen molar-refractivity contribution in [1.82, 2.24) is 0 Å². The van der Waals surface area contributed by atoms with Crippen molar-refractivity contribution in [3.8, 4) is 22.6 Å². The van der Waals surface area contributed by atoms with E-state index in [0.29, 0.717) is 11.5 Å². The molecule has 1 aliphatic carbocycles. The molecule has 0 aromatic heterocycles. The maximum atomic E-state index is 6.36. The molecule has 0 amide bonds. The number of hydrogen-bond donors (Lipinski definition) is 0. The number of anilines is 6. The van der Waals surface area contributed by atoms with Gasteiger partial charge in [-0.25, -0.2) is 0 Å². The minimum atomic E-state index is -0.751. The Hall–Kier alpha value is -4.99. The summed E-state index contributed by atoms with van der Waals surface area (Å²) in [5.41, 5.74) is 10.3. The van der Waals surface area contributed by atoms with E-state index in [1.54, 1.807) is 0 Å². The summed E-state index contributed by atoms with van der Waals surface area (Å²) in [6.07, 6.45) is 0. The molecular weight excluding hydrogens is 736 g/mol. The molecular formula is C39H24N4OPt. The Labute approximate surface area is 276 Å². The predicted molar refractivity (Wildman–Crippen MR) is 174 cm³/mol. The Morgan fingerprint density at radius 3 is 1.38 bits per heavy atom. The van der Waals surface area contributed by atoms with Crippen molar-refractivity contribution in [3.63, 3.8) is 0 Å². The molecule has 1 spiro atoms. The van der Waals surface area contributed by atoms with Crippen LogP contribution in [0.1, 0.15) is 11.1 Å². The fraction of sp³-hybridized carbons (Fsp3) is 0.0256. The van der Waals surface area contributed by atoms with E-state index >= 15 is 0 Å². The van der Waals surface area contributed by atoms with Crippen molar-refractivity contribution in [2.45, 2.75) is 5.66 Å². The van der Waals surface area contributed by atoms with Gasteiger partial charge in [-0.15, -0.1) is 61.1 Å². The van der Waals surface area contributed by atoms with Gasteiger partial charge in [-0.1, -0.05) is 72.8 Å². The van der Waals surface area contributed by atoms with Gasteiger partial charge in [0.05, 0.1) is 0 Å². The van der Waals surface area contributed by atoms with E-state index in [1.807, 2.05) is 24.3 Å². The van der Waals surface area contributed by atoms with Gasteiger partial charge in [0, 0.05) is 45.4 Å². The summed E-state index contributed by atoms with van der Waals surface area (Å²) >= 11 is 0. The molecule has 6 aromatic rings. The number of ether oxygens (including phenoxy) is 1. The molecule has 5 nitrogen and oxygen atoms in total. The molecule has 0 saturated heterocycles. The third kappa shape index (κ3) is 3.53. The van der Waals surface area contributed by atoms with Crippen LogP contribution in [0.3, 0.4) is 0 Å². The van der Waals surface area contributed by atoms with E-state index in [0.717, 1.165) is 34.1 Å². The summed E-state index contributed by atoms with van der Waals surface area (Å²) in [5, 5.41) is 0. The number of hydrogen-bond acceptors (Lipinski definition) is 5. The average Bonchev–Trinajstić information content (AvgIpc) is 3.74. The van der Waals surface area contributed by atoms with Crippen LogP contribution in [0.2, 0.25) is 0 Å². The summed E-state index contributed by atoms with van der Waals surface area (Å²) < 4.78 is 6.36. The molecule has 6 heteroatoms. The molecule has 0 fully saturated rings. The number of para-hydroxylation sites is 4. The summed E-state index contributed by atoms with van der Waals surface area (Å²) in [4.78, 5) is 9.33. The van der Waals surface area contributed by atoms with Gasteiger partial charge in [0.1, 0.15) is 5.66 Å². The van der Waals surface area contributed by atoms with Crippen molar-refractivity contribution < 1.29 is 25.8 Å². The van der Waals surface area contributed by atoms with Crippen molar-refractivity contribution in [2.24, 2.45) is 0 Å². The standard InChI is InChI=1S/C39H24N4O.Pt/c1-3-17-33-31(15-1)32-16-2-4-18-34(32)39(33)42-25-40(35-19-5-7-21-37(35)42)27-11-9-13-29(23-27)44-30-14-10-12-28(24-30)41-26-43(39)38-22-8-6-20-36(38)41;/h1-22,25-26H;/q-4;+4. The SMILES string of the molecule is [Pt+4].[c-]1c2cccc1N1[CH-]N(c3ccccc31)C1(c3ccccc3-c3ccccc31)N1[CH-]N(c3[c-]c(ccc3)O2)c2ccccc21. The molecule has 3 heterocycles. The fourth-order valence-corrected chi connectivity index (χ4v) is 7.34. The topological polar surface area (TPSA) is 22.2 Å². The van der Waals surface area contributed by atoms with Crippen LogP contribution >= 0.6 is 0 Å². The monoisotopic (exact) mass is 759 g/mol. The average molecular weight is 760 g/mol. The second-order valence-electron chi connectivity index (χ2n) is 11.4. The largest absolute Gasteiger partial charge is 4.00 e. The van der Waals surface area contributed by atoms with E-state index < -0.39 is 5.66 Å². The zero-order valence-corrected chi connectivity index (χ0v) is 26.1. The Kier molecular flexibility index (Phi) is 5.73. The first-order chi connectivity index (χ1) is 21.8. The normalized spacial score (nSPS) is 15.8. The fourth-order valence-electron chi connectivity index (χ4n) is 7.34. The first-order valence-corrected chi connectivity index (χ1v) is 14.8. The number of benzene rings is 6. The molecule has 8 bridgehead atoms. The van der Waals surface area contributed by atoms with Crippen LogP contribution in [0.5, 0.6) is 11.5 Å². The van der Waals surface area contributed by atoms with Crippen LogP contribution in [-0.2, 0) is 26.7 Å². The van der Waals surface area contributed by atoms with Crippen LogP contribution in [-0.4, -0.2) is 0 Å². The Bertz CT molecular complexity index is 1980. The van der Waals surface area contributed by atoms with Gasteiger partial charge in [0.2, 0.25) is 0 Å². The van der Waals surface area contributed by atoms with Gasteiger partial charge in [0.15, 0.2) is 0 Å². The maximum absolute atomic E-state index is 6.36. The van der Waals surface area contributed by atoms with Crippen LogP contribution in [0.25, 0.3) is 11.1 Å². The molecule has 0 N–H and O–H groups in total. The quantitative estimate of drug-likeness (QED) is 0.144. The van der Waals surface area contributed by atoms with Crippen molar-refractivity contribution in [3.05, 3.63) is 170 Å². The smallest absolute Gasteiger partial charge is 0.509 e. The zero-order valence-electron chi connectivity index (χ0n) is 23.9. The summed E-state index contributed by atoms with van der Waals surface area (Å²) in [6.45, 7) is 4.46. The number of fused-ring (bicyclic) bond motifs is 23. The minimum absolute atomic E-state index is 0. The number of nitrogens with zero attached hydrogens (tertiary/aromatic N) is 4. The molecule has 6 aromatic carbocycles. The molecule has 0 unspecified atom stereocenters. The van der Waals surface area contributed by atoms with E-state index in [4.69, 9.17) is 4.74 Å². The molecule has 0 saturated carbocycles. The van der Waals surface area contributed by atoms with Gasteiger partial charge >= 0.3 is 21.1 Å². The Morgan fingerprint density at radius 1 is 0.467 bits per heavy atom. The third-order valence-corrected chi connectivity index (χ3v) is 9.10.